The minimum atomic E-state index is -0.0261. The third kappa shape index (κ3) is 3.70. The van der Waals surface area contributed by atoms with Crippen molar-refractivity contribution in [2.75, 3.05) is 18.4 Å². The van der Waals surface area contributed by atoms with Crippen LogP contribution in [0.4, 0.5) is 5.95 Å². The van der Waals surface area contributed by atoms with E-state index in [-0.39, 0.29) is 5.91 Å². The second-order valence-corrected chi connectivity index (χ2v) is 4.85. The standard InChI is InChI=1S/C13H21N5O/c1-3-10-11(4-2)17-18-13(15-10)16-12(19)7-9-5-6-14-8-9/h9,14H,3-8H2,1-2H3,(H,15,16,18,19). The molecule has 1 aromatic heterocycles. The quantitative estimate of drug-likeness (QED) is 0.826. The topological polar surface area (TPSA) is 79.8 Å². The summed E-state index contributed by atoms with van der Waals surface area (Å²) in [6.45, 7) is 5.97. The Bertz CT molecular complexity index is 443. The molecular weight excluding hydrogens is 242 g/mol. The monoisotopic (exact) mass is 263 g/mol. The molecule has 2 heterocycles. The smallest absolute Gasteiger partial charge is 0.249 e. The lowest BCUT2D eigenvalue weighted by atomic mass is 10.1. The summed E-state index contributed by atoms with van der Waals surface area (Å²) in [6.07, 6.45) is 3.19. The van der Waals surface area contributed by atoms with Gasteiger partial charge >= 0.3 is 0 Å². The van der Waals surface area contributed by atoms with Crippen molar-refractivity contribution in [1.29, 1.82) is 0 Å². The first-order valence-corrected chi connectivity index (χ1v) is 6.96. The number of amides is 1. The summed E-state index contributed by atoms with van der Waals surface area (Å²) in [5, 5.41) is 14.1. The zero-order chi connectivity index (χ0) is 13.7. The molecule has 0 spiro atoms. The van der Waals surface area contributed by atoms with Crippen molar-refractivity contribution in [2.24, 2.45) is 5.92 Å². The molecule has 1 unspecified atom stereocenters. The van der Waals surface area contributed by atoms with Crippen molar-refractivity contribution in [1.82, 2.24) is 20.5 Å². The van der Waals surface area contributed by atoms with Crippen LogP contribution < -0.4 is 10.6 Å². The molecule has 1 saturated heterocycles. The Hall–Kier alpha value is -1.56. The van der Waals surface area contributed by atoms with Crippen LogP contribution in [0.2, 0.25) is 0 Å². The van der Waals surface area contributed by atoms with E-state index >= 15 is 0 Å². The van der Waals surface area contributed by atoms with Crippen molar-refractivity contribution in [3.05, 3.63) is 11.4 Å². The lowest BCUT2D eigenvalue weighted by Gasteiger charge is -2.09. The van der Waals surface area contributed by atoms with Gasteiger partial charge in [0, 0.05) is 6.42 Å². The number of anilines is 1. The molecule has 1 amide bonds. The highest BCUT2D eigenvalue weighted by Gasteiger charge is 2.18. The number of carbonyl (C=O) groups is 1. The van der Waals surface area contributed by atoms with Gasteiger partial charge in [-0.1, -0.05) is 13.8 Å². The van der Waals surface area contributed by atoms with Crippen LogP contribution in [-0.2, 0) is 17.6 Å². The maximum absolute atomic E-state index is 11.9. The molecule has 1 fully saturated rings. The molecule has 0 aliphatic carbocycles. The van der Waals surface area contributed by atoms with E-state index in [4.69, 9.17) is 0 Å². The number of nitrogens with one attached hydrogen (secondary N) is 2. The number of hydrogen-bond acceptors (Lipinski definition) is 5. The van der Waals surface area contributed by atoms with E-state index in [9.17, 15) is 4.79 Å². The fourth-order valence-corrected chi connectivity index (χ4v) is 2.32. The highest BCUT2D eigenvalue weighted by Crippen LogP contribution is 2.13. The van der Waals surface area contributed by atoms with Gasteiger partial charge in [-0.15, -0.1) is 10.2 Å². The SMILES string of the molecule is CCc1nnc(NC(=O)CC2CCNC2)nc1CC. The molecule has 6 heteroatoms. The number of aromatic nitrogens is 3. The molecule has 6 nitrogen and oxygen atoms in total. The van der Waals surface area contributed by atoms with Crippen LogP contribution in [0.15, 0.2) is 0 Å². The number of aryl methyl sites for hydroxylation is 2. The van der Waals surface area contributed by atoms with Gasteiger partial charge in [-0.05, 0) is 38.3 Å². The summed E-state index contributed by atoms with van der Waals surface area (Å²) in [5.41, 5.74) is 1.82. The van der Waals surface area contributed by atoms with Crippen molar-refractivity contribution in [3.63, 3.8) is 0 Å². The summed E-state index contributed by atoms with van der Waals surface area (Å²) < 4.78 is 0. The van der Waals surface area contributed by atoms with Crippen LogP contribution in [0.25, 0.3) is 0 Å². The number of rotatable bonds is 5. The maximum atomic E-state index is 11.9. The van der Waals surface area contributed by atoms with Gasteiger partial charge in [-0.3, -0.25) is 10.1 Å². The summed E-state index contributed by atoms with van der Waals surface area (Å²) in [6, 6.07) is 0. The molecular formula is C13H21N5O. The predicted octanol–water partition coefficient (Wildman–Crippen LogP) is 0.934. The largest absolute Gasteiger partial charge is 0.316 e. The molecule has 104 valence electrons. The Morgan fingerprint density at radius 3 is 2.74 bits per heavy atom. The molecule has 1 aliphatic heterocycles. The summed E-state index contributed by atoms with van der Waals surface area (Å²) in [4.78, 5) is 16.2. The molecule has 19 heavy (non-hydrogen) atoms. The zero-order valence-corrected chi connectivity index (χ0v) is 11.6. The van der Waals surface area contributed by atoms with Crippen molar-refractivity contribution < 1.29 is 4.79 Å². The van der Waals surface area contributed by atoms with E-state index in [0.717, 1.165) is 43.7 Å². The molecule has 0 radical (unpaired) electrons. The lowest BCUT2D eigenvalue weighted by Crippen LogP contribution is -2.20. The van der Waals surface area contributed by atoms with Gasteiger partial charge in [0.15, 0.2) is 0 Å². The van der Waals surface area contributed by atoms with E-state index in [1.54, 1.807) is 0 Å². The summed E-state index contributed by atoms with van der Waals surface area (Å²) in [5.74, 6) is 0.723. The Balaban J connectivity index is 1.96. The average Bonchev–Trinajstić information content (AvgIpc) is 2.91. The van der Waals surface area contributed by atoms with Crippen LogP contribution in [0, 0.1) is 5.92 Å². The first kappa shape index (κ1) is 13.9. The summed E-state index contributed by atoms with van der Waals surface area (Å²) in [7, 11) is 0. The normalized spacial score (nSPS) is 18.5. The van der Waals surface area contributed by atoms with Gasteiger partial charge in [0.05, 0.1) is 11.4 Å². The van der Waals surface area contributed by atoms with Crippen LogP contribution in [0.5, 0.6) is 0 Å². The van der Waals surface area contributed by atoms with Gasteiger partial charge < -0.3 is 5.32 Å². The Morgan fingerprint density at radius 2 is 2.11 bits per heavy atom. The van der Waals surface area contributed by atoms with E-state index in [1.807, 2.05) is 13.8 Å². The van der Waals surface area contributed by atoms with Crippen molar-refractivity contribution in [2.45, 2.75) is 39.5 Å². The molecule has 1 aliphatic rings. The maximum Gasteiger partial charge on any atom is 0.249 e. The molecule has 0 aromatic carbocycles. The first-order chi connectivity index (χ1) is 9.22. The fraction of sp³-hybridized carbons (Fsp3) is 0.692. The fourth-order valence-electron chi connectivity index (χ4n) is 2.32. The number of carbonyl (C=O) groups excluding carboxylic acids is 1. The minimum absolute atomic E-state index is 0.0261. The Kier molecular flexibility index (Phi) is 4.79. The van der Waals surface area contributed by atoms with Crippen LogP contribution in [-0.4, -0.2) is 34.2 Å². The number of hydrogen-bond donors (Lipinski definition) is 2. The third-order valence-electron chi connectivity index (χ3n) is 3.40. The zero-order valence-electron chi connectivity index (χ0n) is 11.6. The van der Waals surface area contributed by atoms with E-state index in [1.165, 1.54) is 0 Å². The van der Waals surface area contributed by atoms with E-state index in [2.05, 4.69) is 25.8 Å². The van der Waals surface area contributed by atoms with Gasteiger partial charge in [-0.25, -0.2) is 4.98 Å². The second kappa shape index (κ2) is 6.56. The lowest BCUT2D eigenvalue weighted by molar-refractivity contribution is -0.117. The van der Waals surface area contributed by atoms with Gasteiger partial charge in [0.25, 0.3) is 0 Å². The van der Waals surface area contributed by atoms with Crippen molar-refractivity contribution in [3.8, 4) is 0 Å². The van der Waals surface area contributed by atoms with Crippen LogP contribution in [0.3, 0.4) is 0 Å². The first-order valence-electron chi connectivity index (χ1n) is 6.96. The summed E-state index contributed by atoms with van der Waals surface area (Å²) >= 11 is 0. The van der Waals surface area contributed by atoms with Gasteiger partial charge in [0.2, 0.25) is 11.9 Å². The van der Waals surface area contributed by atoms with Crippen LogP contribution in [0.1, 0.15) is 38.1 Å². The van der Waals surface area contributed by atoms with Crippen LogP contribution >= 0.6 is 0 Å². The Labute approximate surface area is 113 Å². The third-order valence-corrected chi connectivity index (χ3v) is 3.40. The highest BCUT2D eigenvalue weighted by molar-refractivity contribution is 5.89. The molecule has 0 bridgehead atoms. The average molecular weight is 263 g/mol. The second-order valence-electron chi connectivity index (χ2n) is 4.85. The van der Waals surface area contributed by atoms with E-state index in [0.29, 0.717) is 18.3 Å². The Morgan fingerprint density at radius 1 is 1.32 bits per heavy atom. The van der Waals surface area contributed by atoms with Crippen molar-refractivity contribution >= 4 is 11.9 Å². The molecule has 1 aromatic rings. The molecule has 0 saturated carbocycles. The van der Waals surface area contributed by atoms with E-state index < -0.39 is 0 Å². The minimum Gasteiger partial charge on any atom is -0.316 e. The highest BCUT2D eigenvalue weighted by atomic mass is 16.1. The van der Waals surface area contributed by atoms with Gasteiger partial charge in [-0.2, -0.15) is 0 Å². The molecule has 1 atom stereocenters. The van der Waals surface area contributed by atoms with Gasteiger partial charge in [0.1, 0.15) is 0 Å². The number of nitrogens with zero attached hydrogens (tertiary/aromatic N) is 3. The molecule has 2 N–H and O–H groups in total. The predicted molar refractivity (Wildman–Crippen MR) is 72.8 cm³/mol. The molecule has 2 rings (SSSR count).